The number of hydrogen-bond acceptors (Lipinski definition) is 2. The zero-order valence-electron chi connectivity index (χ0n) is 13.3. The second kappa shape index (κ2) is 9.06. The van der Waals surface area contributed by atoms with Crippen molar-refractivity contribution in [3.63, 3.8) is 0 Å². The third-order valence-electron chi connectivity index (χ3n) is 4.21. The van der Waals surface area contributed by atoms with Crippen LogP contribution in [0.1, 0.15) is 39.0 Å². The Morgan fingerprint density at radius 1 is 1.41 bits per heavy atom. The highest BCUT2D eigenvalue weighted by atomic mass is 32.1. The van der Waals surface area contributed by atoms with Gasteiger partial charge in [-0.15, -0.1) is 0 Å². The van der Waals surface area contributed by atoms with E-state index in [1.54, 1.807) is 12.1 Å². The van der Waals surface area contributed by atoms with E-state index in [4.69, 9.17) is 12.2 Å². The van der Waals surface area contributed by atoms with Gasteiger partial charge in [0.15, 0.2) is 5.11 Å². The lowest BCUT2D eigenvalue weighted by Gasteiger charge is -2.35. The maximum atomic E-state index is 13.1. The molecule has 2 N–H and O–H groups in total. The molecule has 1 aromatic carbocycles. The largest absolute Gasteiger partial charge is 0.362 e. The summed E-state index contributed by atoms with van der Waals surface area (Å²) in [6.07, 6.45) is 6.34. The summed E-state index contributed by atoms with van der Waals surface area (Å²) in [5.41, 5.74) is 0.680. The number of hydrogen-bond donors (Lipinski definition) is 2. The standard InChI is InChI=1S/C17H26FN3S/c1-2-16-9-3-4-11-21(16)12-6-10-19-17(22)20-15-8-5-7-14(18)13-15/h5,7-8,13,16H,2-4,6,9-12H2,1H3,(H2,19,20,22)/t16-/m1/s1. The first-order valence-electron chi connectivity index (χ1n) is 8.23. The number of benzene rings is 1. The molecule has 122 valence electrons. The van der Waals surface area contributed by atoms with E-state index in [9.17, 15) is 4.39 Å². The van der Waals surface area contributed by atoms with Crippen LogP contribution >= 0.6 is 12.2 Å². The molecule has 0 bridgehead atoms. The number of thiocarbonyl (C=S) groups is 1. The van der Waals surface area contributed by atoms with Gasteiger partial charge in [-0.1, -0.05) is 19.4 Å². The van der Waals surface area contributed by atoms with Crippen molar-refractivity contribution in [2.75, 3.05) is 25.0 Å². The monoisotopic (exact) mass is 323 g/mol. The number of nitrogens with zero attached hydrogens (tertiary/aromatic N) is 1. The molecule has 1 aliphatic heterocycles. The van der Waals surface area contributed by atoms with Crippen molar-refractivity contribution in [2.24, 2.45) is 0 Å². The minimum absolute atomic E-state index is 0.261. The fourth-order valence-corrected chi connectivity index (χ4v) is 3.26. The molecule has 0 saturated carbocycles. The van der Waals surface area contributed by atoms with E-state index in [0.717, 1.165) is 25.6 Å². The normalized spacial score (nSPS) is 18.9. The van der Waals surface area contributed by atoms with Gasteiger partial charge in [0.2, 0.25) is 0 Å². The molecule has 1 aliphatic rings. The summed E-state index contributed by atoms with van der Waals surface area (Å²) in [6, 6.07) is 7.09. The Hall–Kier alpha value is -1.20. The first kappa shape index (κ1) is 17.2. The van der Waals surface area contributed by atoms with E-state index >= 15 is 0 Å². The Morgan fingerprint density at radius 2 is 2.27 bits per heavy atom. The zero-order valence-corrected chi connectivity index (χ0v) is 14.1. The van der Waals surface area contributed by atoms with Crippen molar-refractivity contribution in [1.82, 2.24) is 10.2 Å². The van der Waals surface area contributed by atoms with Gasteiger partial charge in [-0.05, 0) is 62.6 Å². The minimum atomic E-state index is -0.261. The quantitative estimate of drug-likeness (QED) is 0.616. The summed E-state index contributed by atoms with van der Waals surface area (Å²) in [6.45, 7) is 5.46. The first-order chi connectivity index (χ1) is 10.7. The Bertz CT molecular complexity index is 481. The minimum Gasteiger partial charge on any atom is -0.362 e. The summed E-state index contributed by atoms with van der Waals surface area (Å²) in [7, 11) is 0. The average Bonchev–Trinajstić information content (AvgIpc) is 2.52. The lowest BCUT2D eigenvalue weighted by Crippen LogP contribution is -2.40. The molecule has 3 nitrogen and oxygen atoms in total. The van der Waals surface area contributed by atoms with Crippen LogP contribution in [0.5, 0.6) is 0 Å². The summed E-state index contributed by atoms with van der Waals surface area (Å²) in [4.78, 5) is 2.61. The number of likely N-dealkylation sites (tertiary alicyclic amines) is 1. The lowest BCUT2D eigenvalue weighted by molar-refractivity contribution is 0.143. The molecule has 1 atom stereocenters. The molecule has 1 saturated heterocycles. The van der Waals surface area contributed by atoms with E-state index in [2.05, 4.69) is 22.5 Å². The number of halogens is 1. The molecule has 5 heteroatoms. The van der Waals surface area contributed by atoms with Crippen LogP contribution in [0.4, 0.5) is 10.1 Å². The molecule has 22 heavy (non-hydrogen) atoms. The highest BCUT2D eigenvalue weighted by Gasteiger charge is 2.19. The summed E-state index contributed by atoms with van der Waals surface area (Å²) >= 11 is 5.24. The highest BCUT2D eigenvalue weighted by molar-refractivity contribution is 7.80. The Labute approximate surface area is 138 Å². The van der Waals surface area contributed by atoms with Crippen molar-refractivity contribution in [3.05, 3.63) is 30.1 Å². The third kappa shape index (κ3) is 5.54. The molecule has 0 unspecified atom stereocenters. The van der Waals surface area contributed by atoms with Crippen molar-refractivity contribution in [1.29, 1.82) is 0 Å². The molecule has 0 radical (unpaired) electrons. The second-order valence-corrected chi connectivity index (χ2v) is 6.25. The van der Waals surface area contributed by atoms with Gasteiger partial charge in [0.1, 0.15) is 5.82 Å². The van der Waals surface area contributed by atoms with Crippen LogP contribution < -0.4 is 10.6 Å². The Kier molecular flexibility index (Phi) is 7.06. The number of anilines is 1. The zero-order chi connectivity index (χ0) is 15.8. The van der Waals surface area contributed by atoms with Crippen molar-refractivity contribution >= 4 is 23.0 Å². The number of piperidine rings is 1. The SMILES string of the molecule is CC[C@@H]1CCCCN1CCCNC(=S)Nc1cccc(F)c1. The fourth-order valence-electron chi connectivity index (χ4n) is 3.04. The molecule has 0 aliphatic carbocycles. The van der Waals surface area contributed by atoms with E-state index in [1.165, 1.54) is 44.4 Å². The van der Waals surface area contributed by atoms with E-state index < -0.39 is 0 Å². The van der Waals surface area contributed by atoms with Gasteiger partial charge in [0, 0.05) is 24.8 Å². The second-order valence-electron chi connectivity index (χ2n) is 5.84. The van der Waals surface area contributed by atoms with Crippen LogP contribution in [0, 0.1) is 5.82 Å². The van der Waals surface area contributed by atoms with Gasteiger partial charge >= 0.3 is 0 Å². The first-order valence-corrected chi connectivity index (χ1v) is 8.64. The molecule has 0 amide bonds. The predicted molar refractivity (Wildman–Crippen MR) is 94.7 cm³/mol. The maximum Gasteiger partial charge on any atom is 0.170 e. The van der Waals surface area contributed by atoms with Crippen LogP contribution in [0.25, 0.3) is 0 Å². The Balaban J connectivity index is 1.64. The van der Waals surface area contributed by atoms with Crippen molar-refractivity contribution in [3.8, 4) is 0 Å². The van der Waals surface area contributed by atoms with Gasteiger partial charge in [0.05, 0.1) is 0 Å². The molecular weight excluding hydrogens is 297 g/mol. The molecule has 1 fully saturated rings. The van der Waals surface area contributed by atoms with Gasteiger partial charge in [-0.2, -0.15) is 0 Å². The molecule has 0 spiro atoms. The van der Waals surface area contributed by atoms with Crippen LogP contribution in [0.3, 0.4) is 0 Å². The Morgan fingerprint density at radius 3 is 3.05 bits per heavy atom. The van der Waals surface area contributed by atoms with Crippen LogP contribution in [0.2, 0.25) is 0 Å². The van der Waals surface area contributed by atoms with Crippen molar-refractivity contribution in [2.45, 2.75) is 45.1 Å². The topological polar surface area (TPSA) is 27.3 Å². The van der Waals surface area contributed by atoms with E-state index in [1.807, 2.05) is 0 Å². The molecule has 0 aromatic heterocycles. The predicted octanol–water partition coefficient (Wildman–Crippen LogP) is 3.77. The van der Waals surface area contributed by atoms with Gasteiger partial charge in [-0.3, -0.25) is 0 Å². The van der Waals surface area contributed by atoms with E-state index in [-0.39, 0.29) is 5.82 Å². The molecule has 1 heterocycles. The van der Waals surface area contributed by atoms with Gasteiger partial charge < -0.3 is 15.5 Å². The average molecular weight is 323 g/mol. The third-order valence-corrected chi connectivity index (χ3v) is 4.46. The van der Waals surface area contributed by atoms with Crippen molar-refractivity contribution < 1.29 is 4.39 Å². The van der Waals surface area contributed by atoms with Crippen LogP contribution in [-0.2, 0) is 0 Å². The van der Waals surface area contributed by atoms with Gasteiger partial charge in [-0.25, -0.2) is 4.39 Å². The number of nitrogens with one attached hydrogen (secondary N) is 2. The summed E-state index contributed by atoms with van der Waals surface area (Å²) in [5, 5.41) is 6.75. The molecule has 2 rings (SSSR count). The number of rotatable bonds is 6. The fraction of sp³-hybridized carbons (Fsp3) is 0.588. The lowest BCUT2D eigenvalue weighted by atomic mass is 10.00. The maximum absolute atomic E-state index is 13.1. The highest BCUT2D eigenvalue weighted by Crippen LogP contribution is 2.19. The van der Waals surface area contributed by atoms with Gasteiger partial charge in [0.25, 0.3) is 0 Å². The van der Waals surface area contributed by atoms with E-state index in [0.29, 0.717) is 10.8 Å². The molecule has 1 aromatic rings. The van der Waals surface area contributed by atoms with Crippen LogP contribution in [-0.4, -0.2) is 35.7 Å². The summed E-state index contributed by atoms with van der Waals surface area (Å²) < 4.78 is 13.1. The van der Waals surface area contributed by atoms with Crippen LogP contribution in [0.15, 0.2) is 24.3 Å². The summed E-state index contributed by atoms with van der Waals surface area (Å²) in [5.74, 6) is -0.261. The molecular formula is C17H26FN3S. The smallest absolute Gasteiger partial charge is 0.170 e.